The Bertz CT molecular complexity index is 464. The summed E-state index contributed by atoms with van der Waals surface area (Å²) in [6, 6.07) is 0. The molecule has 0 fully saturated rings. The van der Waals surface area contributed by atoms with Gasteiger partial charge < -0.3 is 4.74 Å². The van der Waals surface area contributed by atoms with E-state index in [1.807, 2.05) is 28.6 Å². The lowest BCUT2D eigenvalue weighted by Gasteiger charge is -2.22. The van der Waals surface area contributed by atoms with Crippen LogP contribution in [0.4, 0.5) is 4.39 Å². The zero-order valence-electron chi connectivity index (χ0n) is 11.6. The van der Waals surface area contributed by atoms with E-state index in [9.17, 15) is 4.39 Å². The molecule has 1 atom stereocenters. The molecule has 0 heterocycles. The third-order valence-electron chi connectivity index (χ3n) is 3.34. The van der Waals surface area contributed by atoms with Gasteiger partial charge in [-0.1, -0.05) is 17.6 Å². The van der Waals surface area contributed by atoms with Crippen molar-refractivity contribution in [2.75, 3.05) is 0 Å². The number of hydrogen-bond acceptors (Lipinski definition) is 1. The van der Waals surface area contributed by atoms with Gasteiger partial charge in [-0.15, -0.1) is 0 Å². The average molecular weight is 234 g/mol. The van der Waals surface area contributed by atoms with Crippen LogP contribution in [0.15, 0.2) is 6.58 Å². The monoisotopic (exact) mass is 234 g/mol. The van der Waals surface area contributed by atoms with Crippen LogP contribution in [0.5, 0.6) is 5.75 Å². The molecule has 1 nitrogen and oxygen atoms in total. The SMILES string of the molecule is Bc1c(C)c(C)c(C)c(OC(C)F)c1C(=C)C. The van der Waals surface area contributed by atoms with Gasteiger partial charge in [-0.25, -0.2) is 4.39 Å². The fraction of sp³-hybridized carbons (Fsp3) is 0.429. The second-order valence-electron chi connectivity index (χ2n) is 4.65. The second kappa shape index (κ2) is 4.95. The van der Waals surface area contributed by atoms with Gasteiger partial charge in [-0.05, 0) is 44.4 Å². The van der Waals surface area contributed by atoms with E-state index in [2.05, 4.69) is 13.5 Å². The van der Waals surface area contributed by atoms with E-state index in [1.54, 1.807) is 0 Å². The lowest BCUT2D eigenvalue weighted by atomic mass is 9.79. The third kappa shape index (κ3) is 2.54. The fourth-order valence-electron chi connectivity index (χ4n) is 2.10. The molecule has 1 aromatic rings. The van der Waals surface area contributed by atoms with E-state index >= 15 is 0 Å². The van der Waals surface area contributed by atoms with Crippen molar-refractivity contribution in [3.8, 4) is 5.75 Å². The molecule has 0 aliphatic carbocycles. The molecule has 0 saturated heterocycles. The van der Waals surface area contributed by atoms with Crippen LogP contribution in [0.25, 0.3) is 5.57 Å². The molecule has 1 rings (SSSR count). The highest BCUT2D eigenvalue weighted by molar-refractivity contribution is 6.36. The molecule has 0 bridgehead atoms. The van der Waals surface area contributed by atoms with E-state index < -0.39 is 6.36 Å². The zero-order valence-corrected chi connectivity index (χ0v) is 11.6. The van der Waals surface area contributed by atoms with Crippen LogP contribution in [-0.2, 0) is 0 Å². The zero-order chi connectivity index (χ0) is 13.3. The number of rotatable bonds is 3. The molecular formula is C14H20BFO. The maximum atomic E-state index is 13.1. The molecule has 0 aliphatic heterocycles. The van der Waals surface area contributed by atoms with E-state index in [1.165, 1.54) is 12.5 Å². The molecule has 0 spiro atoms. The summed E-state index contributed by atoms with van der Waals surface area (Å²) in [6.07, 6.45) is -1.31. The van der Waals surface area contributed by atoms with Crippen LogP contribution in [0, 0.1) is 20.8 Å². The Kier molecular flexibility index (Phi) is 4.02. The topological polar surface area (TPSA) is 9.23 Å². The van der Waals surface area contributed by atoms with Gasteiger partial charge in [0.15, 0.2) is 0 Å². The molecule has 0 aliphatic rings. The standard InChI is InChI=1S/C14H20BFO/c1-7(2)12-13(15)9(4)8(3)10(5)14(12)17-11(6)16/h11H,1,15H2,2-6H3. The van der Waals surface area contributed by atoms with Crippen LogP contribution < -0.4 is 10.2 Å². The highest BCUT2D eigenvalue weighted by atomic mass is 19.1. The first kappa shape index (κ1) is 13.8. The summed E-state index contributed by atoms with van der Waals surface area (Å²) >= 11 is 0. The van der Waals surface area contributed by atoms with E-state index in [0.717, 1.165) is 27.7 Å². The summed E-state index contributed by atoms with van der Waals surface area (Å²) in [5.41, 5.74) is 6.34. The first-order valence-corrected chi connectivity index (χ1v) is 5.84. The number of benzene rings is 1. The third-order valence-corrected chi connectivity index (χ3v) is 3.34. The van der Waals surface area contributed by atoms with E-state index in [-0.39, 0.29) is 0 Å². The molecule has 0 saturated carbocycles. The van der Waals surface area contributed by atoms with Crippen molar-refractivity contribution in [1.29, 1.82) is 0 Å². The van der Waals surface area contributed by atoms with Gasteiger partial charge in [0.25, 0.3) is 0 Å². The molecule has 1 aromatic carbocycles. The minimum absolute atomic E-state index is 0.633. The van der Waals surface area contributed by atoms with E-state index in [4.69, 9.17) is 4.74 Å². The van der Waals surface area contributed by atoms with Crippen molar-refractivity contribution in [2.45, 2.75) is 41.0 Å². The number of alkyl halides is 1. The maximum Gasteiger partial charge on any atom is 0.235 e. The number of hydrogen-bond donors (Lipinski definition) is 0. The van der Waals surface area contributed by atoms with Crippen LogP contribution in [0.3, 0.4) is 0 Å². The molecule has 92 valence electrons. The highest BCUT2D eigenvalue weighted by Gasteiger charge is 2.18. The van der Waals surface area contributed by atoms with Crippen LogP contribution >= 0.6 is 0 Å². The quantitative estimate of drug-likeness (QED) is 0.730. The summed E-state index contributed by atoms with van der Waals surface area (Å²) in [5, 5.41) is 0. The van der Waals surface area contributed by atoms with Gasteiger partial charge >= 0.3 is 0 Å². The molecule has 0 amide bonds. The molecule has 3 heteroatoms. The molecule has 17 heavy (non-hydrogen) atoms. The largest absolute Gasteiger partial charge is 0.460 e. The van der Waals surface area contributed by atoms with Gasteiger partial charge in [0.1, 0.15) is 13.6 Å². The second-order valence-corrected chi connectivity index (χ2v) is 4.65. The molecule has 0 radical (unpaired) electrons. The average Bonchev–Trinajstić information content (AvgIpc) is 2.22. The summed E-state index contributed by atoms with van der Waals surface area (Å²) in [6.45, 7) is 13.4. The maximum absolute atomic E-state index is 13.1. The van der Waals surface area contributed by atoms with Gasteiger partial charge in [-0.2, -0.15) is 0 Å². The first-order chi connectivity index (χ1) is 7.77. The minimum Gasteiger partial charge on any atom is -0.460 e. The van der Waals surface area contributed by atoms with Crippen LogP contribution in [0.1, 0.15) is 36.1 Å². The Morgan fingerprint density at radius 1 is 1.24 bits per heavy atom. The summed E-state index contributed by atoms with van der Waals surface area (Å²) in [4.78, 5) is 0. The normalized spacial score (nSPS) is 12.4. The summed E-state index contributed by atoms with van der Waals surface area (Å²) in [7, 11) is 2.03. The smallest absolute Gasteiger partial charge is 0.235 e. The summed E-state index contributed by atoms with van der Waals surface area (Å²) in [5.74, 6) is 0.633. The van der Waals surface area contributed by atoms with Crippen LogP contribution in [0.2, 0.25) is 0 Å². The molecule has 0 aromatic heterocycles. The highest BCUT2D eigenvalue weighted by Crippen LogP contribution is 2.32. The Labute approximate surface area is 104 Å². The predicted molar refractivity (Wildman–Crippen MR) is 74.7 cm³/mol. The lowest BCUT2D eigenvalue weighted by molar-refractivity contribution is 0.0850. The molecule has 1 unspecified atom stereocenters. The van der Waals surface area contributed by atoms with Crippen molar-refractivity contribution in [1.82, 2.24) is 0 Å². The van der Waals surface area contributed by atoms with Gasteiger partial charge in [0.2, 0.25) is 6.36 Å². The van der Waals surface area contributed by atoms with Gasteiger partial charge in [0, 0.05) is 12.5 Å². The van der Waals surface area contributed by atoms with Crippen molar-refractivity contribution < 1.29 is 9.13 Å². The lowest BCUT2D eigenvalue weighted by Crippen LogP contribution is -2.20. The number of halogens is 1. The van der Waals surface area contributed by atoms with E-state index in [0.29, 0.717) is 5.75 Å². The van der Waals surface area contributed by atoms with Gasteiger partial charge in [-0.3, -0.25) is 0 Å². The van der Waals surface area contributed by atoms with Crippen molar-refractivity contribution >= 4 is 18.9 Å². The first-order valence-electron chi connectivity index (χ1n) is 5.84. The van der Waals surface area contributed by atoms with Crippen molar-refractivity contribution in [2.24, 2.45) is 0 Å². The summed E-state index contributed by atoms with van der Waals surface area (Å²) < 4.78 is 18.4. The van der Waals surface area contributed by atoms with Crippen LogP contribution in [-0.4, -0.2) is 14.2 Å². The Morgan fingerprint density at radius 3 is 2.18 bits per heavy atom. The van der Waals surface area contributed by atoms with Crippen molar-refractivity contribution in [3.63, 3.8) is 0 Å². The van der Waals surface area contributed by atoms with Crippen molar-refractivity contribution in [3.05, 3.63) is 28.8 Å². The fourth-order valence-corrected chi connectivity index (χ4v) is 2.10. The number of allylic oxidation sites excluding steroid dienone is 1. The van der Waals surface area contributed by atoms with Gasteiger partial charge in [0.05, 0.1) is 0 Å². The molecular weight excluding hydrogens is 214 g/mol. The molecule has 0 N–H and O–H groups in total. The Hall–Kier alpha value is -1.25. The Morgan fingerprint density at radius 2 is 1.76 bits per heavy atom. The predicted octanol–water partition coefficient (Wildman–Crippen LogP) is 2.60. The number of ether oxygens (including phenoxy) is 1. The Balaban J connectivity index is 3.59. The minimum atomic E-state index is -1.31.